The Labute approximate surface area is 74.8 Å². The fourth-order valence-electron chi connectivity index (χ4n) is 1.05. The standard InChI is InChI=1S/C8H10NO4/c9-6(8(12)13)4-2-1-3-5(10)7(4)11/h2-3,6,10-11H,1,9H2,(H,12,13)/t6-/m1/s1. The van der Waals surface area contributed by atoms with Crippen molar-refractivity contribution in [3.05, 3.63) is 29.6 Å². The monoisotopic (exact) mass is 184 g/mol. The molecule has 13 heavy (non-hydrogen) atoms. The molecule has 0 aliphatic heterocycles. The Morgan fingerprint density at radius 1 is 1.54 bits per heavy atom. The number of aliphatic hydroxyl groups is 2. The molecular weight excluding hydrogens is 174 g/mol. The molecule has 0 heterocycles. The van der Waals surface area contributed by atoms with E-state index in [4.69, 9.17) is 15.9 Å². The van der Waals surface area contributed by atoms with E-state index in [1.54, 1.807) is 0 Å². The summed E-state index contributed by atoms with van der Waals surface area (Å²) in [4.78, 5) is 10.5. The minimum atomic E-state index is -1.30. The van der Waals surface area contributed by atoms with Crippen molar-refractivity contribution in [3.8, 4) is 0 Å². The minimum Gasteiger partial charge on any atom is -0.508 e. The maximum Gasteiger partial charge on any atom is 0.325 e. The molecule has 0 unspecified atom stereocenters. The summed E-state index contributed by atoms with van der Waals surface area (Å²) in [5, 5.41) is 26.9. The van der Waals surface area contributed by atoms with Crippen LogP contribution in [0.5, 0.6) is 0 Å². The van der Waals surface area contributed by atoms with Crippen LogP contribution < -0.4 is 5.73 Å². The fourth-order valence-corrected chi connectivity index (χ4v) is 1.05. The zero-order chi connectivity index (χ0) is 10.0. The van der Waals surface area contributed by atoms with Gasteiger partial charge in [-0.15, -0.1) is 0 Å². The van der Waals surface area contributed by atoms with Crippen LogP contribution in [0.3, 0.4) is 0 Å². The number of carboxylic acids is 1. The normalized spacial score (nSPS) is 19.6. The molecule has 0 amide bonds. The quantitative estimate of drug-likeness (QED) is 0.492. The number of nitrogens with two attached hydrogens (primary N) is 1. The summed E-state index contributed by atoms with van der Waals surface area (Å²) in [5.74, 6) is -2.03. The summed E-state index contributed by atoms with van der Waals surface area (Å²) < 4.78 is 0. The molecule has 0 saturated heterocycles. The van der Waals surface area contributed by atoms with Gasteiger partial charge in [-0.3, -0.25) is 4.79 Å². The predicted octanol–water partition coefficient (Wildman–Crippen LogP) is 0.260. The van der Waals surface area contributed by atoms with Crippen molar-refractivity contribution in [2.75, 3.05) is 0 Å². The van der Waals surface area contributed by atoms with Crippen LogP contribution in [0.4, 0.5) is 0 Å². The Bertz CT molecular complexity index is 293. The molecule has 0 aromatic heterocycles. The zero-order valence-electron chi connectivity index (χ0n) is 6.77. The maximum absolute atomic E-state index is 10.5. The molecule has 1 atom stereocenters. The summed E-state index contributed by atoms with van der Waals surface area (Å²) in [6, 6.07) is -1.30. The van der Waals surface area contributed by atoms with Gasteiger partial charge in [0.2, 0.25) is 0 Å². The molecule has 0 saturated carbocycles. The molecule has 0 aromatic carbocycles. The van der Waals surface area contributed by atoms with Crippen molar-refractivity contribution in [3.63, 3.8) is 0 Å². The first kappa shape index (κ1) is 9.60. The van der Waals surface area contributed by atoms with Gasteiger partial charge in [-0.25, -0.2) is 0 Å². The first-order valence-electron chi connectivity index (χ1n) is 3.68. The van der Waals surface area contributed by atoms with E-state index in [1.807, 2.05) is 0 Å². The van der Waals surface area contributed by atoms with E-state index in [0.717, 1.165) is 0 Å². The van der Waals surface area contributed by atoms with Crippen LogP contribution in [0, 0.1) is 6.42 Å². The zero-order valence-corrected chi connectivity index (χ0v) is 6.77. The number of aliphatic carboxylic acids is 1. The molecule has 5 heteroatoms. The van der Waals surface area contributed by atoms with Crippen molar-refractivity contribution in [2.24, 2.45) is 5.73 Å². The van der Waals surface area contributed by atoms with Crippen LogP contribution in [0.2, 0.25) is 0 Å². The predicted molar refractivity (Wildman–Crippen MR) is 44.9 cm³/mol. The van der Waals surface area contributed by atoms with Gasteiger partial charge in [0.25, 0.3) is 0 Å². The SMILES string of the molecule is N[C@@H](C(=O)O)C1=CC[CH]C(O)=C1O. The topological polar surface area (TPSA) is 104 Å². The highest BCUT2D eigenvalue weighted by atomic mass is 16.4. The van der Waals surface area contributed by atoms with Gasteiger partial charge >= 0.3 is 5.97 Å². The Morgan fingerprint density at radius 3 is 2.69 bits per heavy atom. The lowest BCUT2D eigenvalue weighted by molar-refractivity contribution is -0.137. The number of rotatable bonds is 2. The van der Waals surface area contributed by atoms with Gasteiger partial charge in [-0.2, -0.15) is 0 Å². The molecule has 1 aliphatic rings. The van der Waals surface area contributed by atoms with Gasteiger partial charge in [0, 0.05) is 12.0 Å². The molecule has 1 aliphatic carbocycles. The molecule has 5 N–H and O–H groups in total. The van der Waals surface area contributed by atoms with Crippen LogP contribution >= 0.6 is 0 Å². The summed E-state index contributed by atoms with van der Waals surface area (Å²) in [7, 11) is 0. The van der Waals surface area contributed by atoms with E-state index >= 15 is 0 Å². The minimum absolute atomic E-state index is 0.0486. The summed E-state index contributed by atoms with van der Waals surface area (Å²) in [5.41, 5.74) is 5.31. The van der Waals surface area contributed by atoms with Crippen LogP contribution in [0.15, 0.2) is 23.2 Å². The van der Waals surface area contributed by atoms with E-state index in [-0.39, 0.29) is 11.3 Å². The second-order valence-electron chi connectivity index (χ2n) is 2.65. The molecule has 5 nitrogen and oxygen atoms in total. The first-order valence-corrected chi connectivity index (χ1v) is 3.68. The molecule has 1 radical (unpaired) electrons. The van der Waals surface area contributed by atoms with Gasteiger partial charge in [-0.1, -0.05) is 6.08 Å². The van der Waals surface area contributed by atoms with E-state index in [1.165, 1.54) is 12.5 Å². The van der Waals surface area contributed by atoms with E-state index < -0.39 is 17.8 Å². The fraction of sp³-hybridized carbons (Fsp3) is 0.250. The second-order valence-corrected chi connectivity index (χ2v) is 2.65. The van der Waals surface area contributed by atoms with Crippen LogP contribution in [-0.4, -0.2) is 27.3 Å². The number of carboxylic acid groups (broad SMARTS) is 1. The number of allylic oxidation sites excluding steroid dienone is 2. The Kier molecular flexibility index (Phi) is 2.57. The largest absolute Gasteiger partial charge is 0.508 e. The van der Waals surface area contributed by atoms with Gasteiger partial charge < -0.3 is 21.1 Å². The highest BCUT2D eigenvalue weighted by molar-refractivity contribution is 5.78. The van der Waals surface area contributed by atoms with Gasteiger partial charge in [-0.05, 0) is 6.42 Å². The lowest BCUT2D eigenvalue weighted by Gasteiger charge is -2.16. The number of aliphatic hydroxyl groups excluding tert-OH is 2. The number of hydrogen-bond acceptors (Lipinski definition) is 4. The highest BCUT2D eigenvalue weighted by Gasteiger charge is 2.24. The third kappa shape index (κ3) is 1.81. The van der Waals surface area contributed by atoms with Crippen molar-refractivity contribution < 1.29 is 20.1 Å². The van der Waals surface area contributed by atoms with E-state index in [2.05, 4.69) is 0 Å². The third-order valence-electron chi connectivity index (χ3n) is 1.77. The Hall–Kier alpha value is -1.49. The van der Waals surface area contributed by atoms with E-state index in [0.29, 0.717) is 6.42 Å². The average Bonchev–Trinajstić information content (AvgIpc) is 2.08. The lowest BCUT2D eigenvalue weighted by atomic mass is 9.98. The molecule has 1 rings (SSSR count). The molecule has 71 valence electrons. The molecule has 0 bridgehead atoms. The van der Waals surface area contributed by atoms with Gasteiger partial charge in [0.1, 0.15) is 11.8 Å². The Morgan fingerprint density at radius 2 is 2.15 bits per heavy atom. The van der Waals surface area contributed by atoms with Crippen LogP contribution in [0.1, 0.15) is 6.42 Å². The maximum atomic E-state index is 10.5. The Balaban J connectivity index is 2.93. The van der Waals surface area contributed by atoms with Crippen LogP contribution in [-0.2, 0) is 4.79 Å². The second kappa shape index (κ2) is 3.49. The molecule has 0 aromatic rings. The van der Waals surface area contributed by atoms with E-state index in [9.17, 15) is 9.90 Å². The average molecular weight is 184 g/mol. The van der Waals surface area contributed by atoms with Gasteiger partial charge in [0.05, 0.1) is 0 Å². The first-order chi connectivity index (χ1) is 6.04. The van der Waals surface area contributed by atoms with Crippen LogP contribution in [0.25, 0.3) is 0 Å². The van der Waals surface area contributed by atoms with Crippen molar-refractivity contribution in [1.82, 2.24) is 0 Å². The molecular formula is C8H10NO4. The highest BCUT2D eigenvalue weighted by Crippen LogP contribution is 2.22. The third-order valence-corrected chi connectivity index (χ3v) is 1.77. The van der Waals surface area contributed by atoms with Crippen molar-refractivity contribution >= 4 is 5.97 Å². The summed E-state index contributed by atoms with van der Waals surface area (Å²) >= 11 is 0. The molecule has 0 fully saturated rings. The number of hydrogen-bond donors (Lipinski definition) is 4. The van der Waals surface area contributed by atoms with Crippen molar-refractivity contribution in [1.29, 1.82) is 0 Å². The van der Waals surface area contributed by atoms with Crippen molar-refractivity contribution in [2.45, 2.75) is 12.5 Å². The van der Waals surface area contributed by atoms with Gasteiger partial charge in [0.15, 0.2) is 5.76 Å². The summed E-state index contributed by atoms with van der Waals surface area (Å²) in [6.45, 7) is 0. The lowest BCUT2D eigenvalue weighted by Crippen LogP contribution is -2.34. The number of carbonyl (C=O) groups is 1. The summed E-state index contributed by atoms with van der Waals surface area (Å²) in [6.07, 6.45) is 3.20. The smallest absolute Gasteiger partial charge is 0.325 e. The molecule has 0 spiro atoms.